The summed E-state index contributed by atoms with van der Waals surface area (Å²) in [6.07, 6.45) is 4.04. The molecular weight excluding hydrogens is 168 g/mol. The SMILES string of the molecule is CCOC(=O)c1[nH]ncc1C1CC1. The predicted octanol–water partition coefficient (Wildman–Crippen LogP) is 1.46. The minimum atomic E-state index is -0.290. The van der Waals surface area contributed by atoms with Crippen molar-refractivity contribution >= 4 is 5.97 Å². The Morgan fingerprint density at radius 2 is 2.54 bits per heavy atom. The quantitative estimate of drug-likeness (QED) is 0.716. The van der Waals surface area contributed by atoms with Gasteiger partial charge in [0, 0.05) is 5.56 Å². The van der Waals surface area contributed by atoms with Crippen molar-refractivity contribution in [1.29, 1.82) is 0 Å². The van der Waals surface area contributed by atoms with Crippen molar-refractivity contribution in [2.75, 3.05) is 6.61 Å². The lowest BCUT2D eigenvalue weighted by molar-refractivity contribution is 0.0518. The van der Waals surface area contributed by atoms with E-state index in [0.29, 0.717) is 18.2 Å². The van der Waals surface area contributed by atoms with Crippen LogP contribution in [0.25, 0.3) is 0 Å². The van der Waals surface area contributed by atoms with Gasteiger partial charge in [-0.1, -0.05) is 0 Å². The fraction of sp³-hybridized carbons (Fsp3) is 0.556. The third-order valence-corrected chi connectivity index (χ3v) is 2.17. The van der Waals surface area contributed by atoms with Crippen LogP contribution in [0.15, 0.2) is 6.20 Å². The maximum Gasteiger partial charge on any atom is 0.356 e. The molecule has 70 valence electrons. The molecule has 1 aliphatic rings. The monoisotopic (exact) mass is 180 g/mol. The first kappa shape index (κ1) is 8.29. The summed E-state index contributed by atoms with van der Waals surface area (Å²) in [5.41, 5.74) is 1.54. The number of nitrogens with one attached hydrogen (secondary N) is 1. The first-order valence-electron chi connectivity index (χ1n) is 4.53. The molecule has 2 rings (SSSR count). The second kappa shape index (κ2) is 3.20. The maximum atomic E-state index is 11.4. The first-order chi connectivity index (χ1) is 6.33. The lowest BCUT2D eigenvalue weighted by Gasteiger charge is -2.00. The van der Waals surface area contributed by atoms with E-state index in [1.807, 2.05) is 0 Å². The molecule has 4 heteroatoms. The molecule has 0 unspecified atom stereocenters. The Kier molecular flexibility index (Phi) is 2.04. The topological polar surface area (TPSA) is 55.0 Å². The first-order valence-corrected chi connectivity index (χ1v) is 4.53. The summed E-state index contributed by atoms with van der Waals surface area (Å²) in [5.74, 6) is 0.236. The molecule has 0 aromatic carbocycles. The summed E-state index contributed by atoms with van der Waals surface area (Å²) < 4.78 is 4.89. The molecule has 1 aromatic heterocycles. The van der Waals surface area contributed by atoms with Gasteiger partial charge in [0.2, 0.25) is 0 Å². The largest absolute Gasteiger partial charge is 0.461 e. The number of H-pyrrole nitrogens is 1. The number of hydrogen-bond donors (Lipinski definition) is 1. The number of esters is 1. The zero-order valence-corrected chi connectivity index (χ0v) is 7.54. The molecule has 1 saturated carbocycles. The zero-order valence-electron chi connectivity index (χ0n) is 7.54. The molecule has 0 amide bonds. The highest BCUT2D eigenvalue weighted by Crippen LogP contribution is 2.41. The van der Waals surface area contributed by atoms with Crippen LogP contribution in [0.2, 0.25) is 0 Å². The van der Waals surface area contributed by atoms with Crippen LogP contribution in [-0.2, 0) is 4.74 Å². The van der Waals surface area contributed by atoms with Gasteiger partial charge < -0.3 is 4.74 Å². The molecule has 1 heterocycles. The molecule has 0 saturated heterocycles. The molecule has 0 atom stereocenters. The van der Waals surface area contributed by atoms with Crippen molar-refractivity contribution < 1.29 is 9.53 Å². The smallest absolute Gasteiger partial charge is 0.356 e. The molecule has 4 nitrogen and oxygen atoms in total. The number of rotatable bonds is 3. The van der Waals surface area contributed by atoms with Crippen LogP contribution in [0.5, 0.6) is 0 Å². The van der Waals surface area contributed by atoms with Crippen molar-refractivity contribution in [3.8, 4) is 0 Å². The molecule has 0 spiro atoms. The number of carbonyl (C=O) groups excluding carboxylic acids is 1. The summed E-state index contributed by atoms with van der Waals surface area (Å²) in [6.45, 7) is 2.20. The Hall–Kier alpha value is -1.32. The molecule has 13 heavy (non-hydrogen) atoms. The molecule has 1 N–H and O–H groups in total. The van der Waals surface area contributed by atoms with E-state index in [1.54, 1.807) is 13.1 Å². The van der Waals surface area contributed by atoms with E-state index in [1.165, 1.54) is 0 Å². The number of carbonyl (C=O) groups is 1. The maximum absolute atomic E-state index is 11.4. The van der Waals surface area contributed by atoms with Gasteiger partial charge in [0.15, 0.2) is 0 Å². The van der Waals surface area contributed by atoms with Gasteiger partial charge in [0.25, 0.3) is 0 Å². The van der Waals surface area contributed by atoms with Gasteiger partial charge in [0.1, 0.15) is 5.69 Å². The van der Waals surface area contributed by atoms with Crippen LogP contribution in [0, 0.1) is 0 Å². The Bertz CT molecular complexity index is 315. The van der Waals surface area contributed by atoms with Crippen molar-refractivity contribution in [1.82, 2.24) is 10.2 Å². The van der Waals surface area contributed by atoms with Crippen LogP contribution in [0.1, 0.15) is 41.7 Å². The Labute approximate surface area is 76.3 Å². The Morgan fingerprint density at radius 1 is 1.77 bits per heavy atom. The van der Waals surface area contributed by atoms with Gasteiger partial charge in [-0.3, -0.25) is 5.10 Å². The van der Waals surface area contributed by atoms with Gasteiger partial charge in [-0.05, 0) is 25.7 Å². The van der Waals surface area contributed by atoms with E-state index in [4.69, 9.17) is 4.74 Å². The predicted molar refractivity (Wildman–Crippen MR) is 46.5 cm³/mol. The molecule has 0 bridgehead atoms. The van der Waals surface area contributed by atoms with E-state index in [9.17, 15) is 4.79 Å². The molecular formula is C9H12N2O2. The number of hydrogen-bond acceptors (Lipinski definition) is 3. The van der Waals surface area contributed by atoms with Gasteiger partial charge >= 0.3 is 5.97 Å². The van der Waals surface area contributed by atoms with E-state index >= 15 is 0 Å². The summed E-state index contributed by atoms with van der Waals surface area (Å²) >= 11 is 0. The number of aromatic amines is 1. The zero-order chi connectivity index (χ0) is 9.26. The van der Waals surface area contributed by atoms with Gasteiger partial charge in [-0.2, -0.15) is 5.10 Å². The van der Waals surface area contributed by atoms with Crippen LogP contribution < -0.4 is 0 Å². The minimum Gasteiger partial charge on any atom is -0.461 e. The van der Waals surface area contributed by atoms with E-state index < -0.39 is 0 Å². The van der Waals surface area contributed by atoms with Crippen LogP contribution >= 0.6 is 0 Å². The lowest BCUT2D eigenvalue weighted by Crippen LogP contribution is -2.07. The lowest BCUT2D eigenvalue weighted by atomic mass is 10.1. The highest BCUT2D eigenvalue weighted by molar-refractivity contribution is 5.89. The third kappa shape index (κ3) is 1.56. The Morgan fingerprint density at radius 3 is 3.15 bits per heavy atom. The van der Waals surface area contributed by atoms with Crippen LogP contribution in [0.3, 0.4) is 0 Å². The fourth-order valence-electron chi connectivity index (χ4n) is 1.37. The van der Waals surface area contributed by atoms with Crippen molar-refractivity contribution in [2.45, 2.75) is 25.7 Å². The highest BCUT2D eigenvalue weighted by atomic mass is 16.5. The summed E-state index contributed by atoms with van der Waals surface area (Å²) in [6, 6.07) is 0. The fourth-order valence-corrected chi connectivity index (χ4v) is 1.37. The van der Waals surface area contributed by atoms with Crippen LogP contribution in [-0.4, -0.2) is 22.8 Å². The second-order valence-corrected chi connectivity index (χ2v) is 3.20. The van der Waals surface area contributed by atoms with Gasteiger partial charge in [-0.15, -0.1) is 0 Å². The van der Waals surface area contributed by atoms with Crippen molar-refractivity contribution in [3.05, 3.63) is 17.5 Å². The number of ether oxygens (including phenoxy) is 1. The summed E-state index contributed by atoms with van der Waals surface area (Å²) in [4.78, 5) is 11.4. The average Bonchev–Trinajstić information content (AvgIpc) is 2.84. The Balaban J connectivity index is 2.18. The molecule has 1 aromatic rings. The van der Waals surface area contributed by atoms with E-state index in [-0.39, 0.29) is 5.97 Å². The van der Waals surface area contributed by atoms with Gasteiger partial charge in [-0.25, -0.2) is 4.79 Å². The van der Waals surface area contributed by atoms with E-state index in [0.717, 1.165) is 18.4 Å². The minimum absolute atomic E-state index is 0.290. The molecule has 0 aliphatic heterocycles. The summed E-state index contributed by atoms with van der Waals surface area (Å²) in [5, 5.41) is 6.55. The average molecular weight is 180 g/mol. The van der Waals surface area contributed by atoms with Gasteiger partial charge in [0.05, 0.1) is 12.8 Å². The summed E-state index contributed by atoms with van der Waals surface area (Å²) in [7, 11) is 0. The number of aromatic nitrogens is 2. The molecule has 1 fully saturated rings. The molecule has 1 aliphatic carbocycles. The highest BCUT2D eigenvalue weighted by Gasteiger charge is 2.29. The third-order valence-electron chi connectivity index (χ3n) is 2.17. The van der Waals surface area contributed by atoms with Crippen molar-refractivity contribution in [2.24, 2.45) is 0 Å². The van der Waals surface area contributed by atoms with E-state index in [2.05, 4.69) is 10.2 Å². The van der Waals surface area contributed by atoms with Crippen LogP contribution in [0.4, 0.5) is 0 Å². The number of nitrogens with zero attached hydrogens (tertiary/aromatic N) is 1. The van der Waals surface area contributed by atoms with Crippen molar-refractivity contribution in [3.63, 3.8) is 0 Å². The second-order valence-electron chi connectivity index (χ2n) is 3.20. The normalized spacial score (nSPS) is 15.8. The standard InChI is InChI=1S/C9H12N2O2/c1-2-13-9(12)8-7(5-10-11-8)6-3-4-6/h5-6H,2-4H2,1H3,(H,10,11). The molecule has 0 radical (unpaired) electrons.